The number of nitrogen functional groups attached to an aromatic ring is 1. The first-order valence-corrected chi connectivity index (χ1v) is 6.16. The van der Waals surface area contributed by atoms with E-state index in [1.165, 1.54) is 13.1 Å². The summed E-state index contributed by atoms with van der Waals surface area (Å²) >= 11 is 3.27. The van der Waals surface area contributed by atoms with Crippen molar-refractivity contribution in [2.24, 2.45) is 0 Å². The van der Waals surface area contributed by atoms with E-state index in [0.717, 1.165) is 0 Å². The Balaban J connectivity index is 2.18. The maximum Gasteiger partial charge on any atom is 0.222 e. The van der Waals surface area contributed by atoms with Gasteiger partial charge in [-0.05, 0) is 22.0 Å². The van der Waals surface area contributed by atoms with Crippen LogP contribution >= 0.6 is 15.9 Å². The molecule has 0 saturated carbocycles. The van der Waals surface area contributed by atoms with Crippen molar-refractivity contribution < 1.29 is 9.53 Å². The summed E-state index contributed by atoms with van der Waals surface area (Å²) in [6.07, 6.45) is 3.05. The minimum Gasteiger partial charge on any atom is -0.456 e. The fraction of sp³-hybridized carbons (Fsp3) is 0.0833. The Morgan fingerprint density at radius 3 is 2.84 bits per heavy atom. The van der Waals surface area contributed by atoms with Gasteiger partial charge in [-0.1, -0.05) is 0 Å². The average Bonchev–Trinajstić information content (AvgIpc) is 2.33. The summed E-state index contributed by atoms with van der Waals surface area (Å²) in [5.74, 6) is 1.69. The topological polar surface area (TPSA) is 90.1 Å². The third kappa shape index (κ3) is 3.65. The van der Waals surface area contributed by atoms with Crippen molar-refractivity contribution in [2.45, 2.75) is 6.92 Å². The number of halogens is 1. The van der Waals surface area contributed by atoms with Crippen LogP contribution in [0.1, 0.15) is 6.92 Å². The number of carbonyl (C=O) groups is 1. The van der Waals surface area contributed by atoms with Crippen LogP contribution in [-0.2, 0) is 4.79 Å². The van der Waals surface area contributed by atoms with Gasteiger partial charge < -0.3 is 15.8 Å². The highest BCUT2D eigenvalue weighted by Gasteiger charge is 2.04. The van der Waals surface area contributed by atoms with E-state index in [9.17, 15) is 4.79 Å². The molecule has 0 aliphatic rings. The number of hydrogen-bond donors (Lipinski definition) is 2. The second kappa shape index (κ2) is 5.66. The molecule has 0 aromatic carbocycles. The Morgan fingerprint density at radius 1 is 1.37 bits per heavy atom. The lowest BCUT2D eigenvalue weighted by Gasteiger charge is -2.08. The SMILES string of the molecule is CC(=O)Nc1cc(Oc2cnc(N)c(Br)c2)ccn1. The minimum atomic E-state index is -0.193. The fourth-order valence-electron chi connectivity index (χ4n) is 1.35. The van der Waals surface area contributed by atoms with Gasteiger partial charge in [0.15, 0.2) is 0 Å². The summed E-state index contributed by atoms with van der Waals surface area (Å²) in [6, 6.07) is 5.00. The molecule has 0 unspecified atom stereocenters. The summed E-state index contributed by atoms with van der Waals surface area (Å²) in [4.78, 5) is 18.9. The van der Waals surface area contributed by atoms with Crippen molar-refractivity contribution in [1.29, 1.82) is 0 Å². The molecule has 0 aliphatic heterocycles. The first kappa shape index (κ1) is 13.3. The highest BCUT2D eigenvalue weighted by Crippen LogP contribution is 2.27. The van der Waals surface area contributed by atoms with Crippen molar-refractivity contribution in [1.82, 2.24) is 9.97 Å². The lowest BCUT2D eigenvalue weighted by molar-refractivity contribution is -0.114. The van der Waals surface area contributed by atoms with Gasteiger partial charge in [0.25, 0.3) is 0 Å². The predicted octanol–water partition coefficient (Wildman–Crippen LogP) is 2.57. The number of aromatic nitrogens is 2. The Kier molecular flexibility index (Phi) is 3.96. The molecule has 0 bridgehead atoms. The van der Waals surface area contributed by atoms with Crippen molar-refractivity contribution in [3.05, 3.63) is 35.1 Å². The third-order valence-electron chi connectivity index (χ3n) is 2.12. The number of carbonyl (C=O) groups excluding carboxylic acids is 1. The normalized spacial score (nSPS) is 10.0. The number of nitrogens with zero attached hydrogens (tertiary/aromatic N) is 2. The lowest BCUT2D eigenvalue weighted by Crippen LogP contribution is -2.07. The van der Waals surface area contributed by atoms with Gasteiger partial charge in [0.2, 0.25) is 5.91 Å². The number of rotatable bonds is 3. The number of amides is 1. The molecule has 2 heterocycles. The van der Waals surface area contributed by atoms with Crippen molar-refractivity contribution >= 4 is 33.5 Å². The molecule has 0 aliphatic carbocycles. The molecule has 2 aromatic rings. The molecule has 0 radical (unpaired) electrons. The van der Waals surface area contributed by atoms with Gasteiger partial charge in [0.1, 0.15) is 23.1 Å². The molecular formula is C12H11BrN4O2. The molecule has 2 aromatic heterocycles. The Labute approximate surface area is 118 Å². The van der Waals surface area contributed by atoms with E-state index < -0.39 is 0 Å². The number of nitrogens with one attached hydrogen (secondary N) is 1. The molecule has 1 amide bonds. The number of nitrogens with two attached hydrogens (primary N) is 1. The van der Waals surface area contributed by atoms with Crippen molar-refractivity contribution in [3.8, 4) is 11.5 Å². The zero-order chi connectivity index (χ0) is 13.8. The van der Waals surface area contributed by atoms with E-state index >= 15 is 0 Å². The zero-order valence-electron chi connectivity index (χ0n) is 10.1. The summed E-state index contributed by atoms with van der Waals surface area (Å²) in [7, 11) is 0. The van der Waals surface area contributed by atoms with Gasteiger partial charge in [-0.25, -0.2) is 9.97 Å². The lowest BCUT2D eigenvalue weighted by atomic mass is 10.4. The van der Waals surface area contributed by atoms with Crippen LogP contribution in [0.25, 0.3) is 0 Å². The Bertz CT molecular complexity index is 618. The summed E-state index contributed by atoms with van der Waals surface area (Å²) < 4.78 is 6.25. The second-order valence-corrected chi connectivity index (χ2v) is 4.55. The molecule has 19 heavy (non-hydrogen) atoms. The van der Waals surface area contributed by atoms with Crippen LogP contribution in [0.4, 0.5) is 11.6 Å². The summed E-state index contributed by atoms with van der Waals surface area (Å²) in [6.45, 7) is 1.41. The molecular weight excluding hydrogens is 312 g/mol. The first-order chi connectivity index (χ1) is 9.04. The van der Waals surface area contributed by atoms with E-state index in [0.29, 0.717) is 27.6 Å². The van der Waals surface area contributed by atoms with E-state index in [1.54, 1.807) is 24.4 Å². The van der Waals surface area contributed by atoms with Crippen LogP contribution in [0, 0.1) is 0 Å². The fourth-order valence-corrected chi connectivity index (χ4v) is 1.67. The monoisotopic (exact) mass is 322 g/mol. The number of hydrogen-bond acceptors (Lipinski definition) is 5. The minimum absolute atomic E-state index is 0.193. The van der Waals surface area contributed by atoms with Gasteiger partial charge in [0, 0.05) is 25.3 Å². The first-order valence-electron chi connectivity index (χ1n) is 5.37. The maximum absolute atomic E-state index is 10.9. The van der Waals surface area contributed by atoms with E-state index in [-0.39, 0.29) is 5.91 Å². The van der Waals surface area contributed by atoms with Crippen LogP contribution in [-0.4, -0.2) is 15.9 Å². The van der Waals surface area contributed by atoms with Gasteiger partial charge in [0.05, 0.1) is 10.7 Å². The van der Waals surface area contributed by atoms with E-state index in [4.69, 9.17) is 10.5 Å². The summed E-state index contributed by atoms with van der Waals surface area (Å²) in [5.41, 5.74) is 5.59. The Morgan fingerprint density at radius 2 is 2.16 bits per heavy atom. The van der Waals surface area contributed by atoms with E-state index in [1.807, 2.05) is 0 Å². The molecule has 0 fully saturated rings. The average molecular weight is 323 g/mol. The van der Waals surface area contributed by atoms with Gasteiger partial charge in [-0.3, -0.25) is 4.79 Å². The summed E-state index contributed by atoms with van der Waals surface area (Å²) in [5, 5.41) is 2.58. The van der Waals surface area contributed by atoms with Gasteiger partial charge in [-0.2, -0.15) is 0 Å². The van der Waals surface area contributed by atoms with Crippen LogP contribution in [0.5, 0.6) is 11.5 Å². The molecule has 3 N–H and O–H groups in total. The molecule has 0 spiro atoms. The van der Waals surface area contributed by atoms with Gasteiger partial charge in [-0.15, -0.1) is 0 Å². The number of ether oxygens (including phenoxy) is 1. The Hall–Kier alpha value is -2.15. The molecule has 0 atom stereocenters. The quantitative estimate of drug-likeness (QED) is 0.906. The highest BCUT2D eigenvalue weighted by molar-refractivity contribution is 9.10. The molecule has 7 heteroatoms. The third-order valence-corrected chi connectivity index (χ3v) is 2.75. The zero-order valence-corrected chi connectivity index (χ0v) is 11.6. The standard InChI is InChI=1S/C12H11BrN4O2/c1-7(18)17-11-5-8(2-3-15-11)19-9-4-10(13)12(14)16-6-9/h2-6H,1H3,(H2,14,16)(H,15,17,18). The highest BCUT2D eigenvalue weighted by atomic mass is 79.9. The van der Waals surface area contributed by atoms with Crippen molar-refractivity contribution in [3.63, 3.8) is 0 Å². The molecule has 0 saturated heterocycles. The second-order valence-electron chi connectivity index (χ2n) is 3.70. The largest absolute Gasteiger partial charge is 0.456 e. The van der Waals surface area contributed by atoms with Crippen LogP contribution < -0.4 is 15.8 Å². The van der Waals surface area contributed by atoms with E-state index in [2.05, 4.69) is 31.2 Å². The molecule has 2 rings (SSSR count). The number of pyridine rings is 2. The number of anilines is 2. The maximum atomic E-state index is 10.9. The van der Waals surface area contributed by atoms with Crippen LogP contribution in [0.3, 0.4) is 0 Å². The van der Waals surface area contributed by atoms with Crippen LogP contribution in [0.2, 0.25) is 0 Å². The smallest absolute Gasteiger partial charge is 0.222 e. The molecule has 98 valence electrons. The molecule has 6 nitrogen and oxygen atoms in total. The van der Waals surface area contributed by atoms with Crippen molar-refractivity contribution in [2.75, 3.05) is 11.1 Å². The van der Waals surface area contributed by atoms with Crippen LogP contribution in [0.15, 0.2) is 35.1 Å². The predicted molar refractivity (Wildman–Crippen MR) is 75.0 cm³/mol. The van der Waals surface area contributed by atoms with Gasteiger partial charge >= 0.3 is 0 Å².